The Morgan fingerprint density at radius 2 is 1.96 bits per heavy atom. The van der Waals surface area contributed by atoms with Crippen molar-refractivity contribution < 1.29 is 17.6 Å². The molecule has 3 rings (SSSR count). The molecule has 1 aliphatic rings. The van der Waals surface area contributed by atoms with Crippen LogP contribution in [0.25, 0.3) is 11.0 Å². The van der Waals surface area contributed by atoms with Crippen LogP contribution < -0.4 is 5.32 Å². The second-order valence-electron chi connectivity index (χ2n) is 6.52. The van der Waals surface area contributed by atoms with Crippen molar-refractivity contribution in [2.75, 3.05) is 18.8 Å². The van der Waals surface area contributed by atoms with E-state index in [-0.39, 0.29) is 17.7 Å². The van der Waals surface area contributed by atoms with Gasteiger partial charge in [0.05, 0.1) is 5.75 Å². The maximum Gasteiger partial charge on any atom is 0.287 e. The van der Waals surface area contributed by atoms with Crippen LogP contribution in [-0.2, 0) is 10.0 Å². The van der Waals surface area contributed by atoms with Crippen molar-refractivity contribution in [3.8, 4) is 0 Å². The van der Waals surface area contributed by atoms with Gasteiger partial charge in [0, 0.05) is 30.1 Å². The highest BCUT2D eigenvalue weighted by atomic mass is 32.2. The summed E-state index contributed by atoms with van der Waals surface area (Å²) in [5.74, 6) is 0.285. The van der Waals surface area contributed by atoms with Crippen molar-refractivity contribution in [3.63, 3.8) is 0 Å². The Hall–Kier alpha value is -1.86. The van der Waals surface area contributed by atoms with Gasteiger partial charge in [-0.3, -0.25) is 4.79 Å². The van der Waals surface area contributed by atoms with Gasteiger partial charge in [-0.1, -0.05) is 25.1 Å². The molecule has 0 aliphatic carbocycles. The van der Waals surface area contributed by atoms with Crippen LogP contribution in [-0.4, -0.2) is 43.5 Å². The normalized spacial score (nSPS) is 17.0. The van der Waals surface area contributed by atoms with Crippen molar-refractivity contribution >= 4 is 26.9 Å². The summed E-state index contributed by atoms with van der Waals surface area (Å²) in [6, 6.07) is 7.53. The molecule has 1 aliphatic heterocycles. The van der Waals surface area contributed by atoms with Gasteiger partial charge in [-0.05, 0) is 32.3 Å². The van der Waals surface area contributed by atoms with Gasteiger partial charge >= 0.3 is 0 Å². The number of hydrogen-bond acceptors (Lipinski definition) is 4. The molecule has 7 heteroatoms. The number of amides is 1. The third kappa shape index (κ3) is 3.72. The fourth-order valence-corrected chi connectivity index (χ4v) is 4.85. The predicted molar refractivity (Wildman–Crippen MR) is 97.1 cm³/mol. The molecule has 0 saturated carbocycles. The molecule has 1 saturated heterocycles. The lowest BCUT2D eigenvalue weighted by Gasteiger charge is -2.31. The molecule has 0 spiro atoms. The number of sulfonamides is 1. The number of nitrogens with one attached hydrogen (secondary N) is 1. The van der Waals surface area contributed by atoms with Crippen LogP contribution in [0.15, 0.2) is 28.7 Å². The van der Waals surface area contributed by atoms with Crippen LogP contribution in [0.5, 0.6) is 0 Å². The molecule has 2 aromatic rings. The Labute approximate surface area is 148 Å². The molecular weight excluding hydrogens is 340 g/mol. The van der Waals surface area contributed by atoms with Crippen molar-refractivity contribution in [1.29, 1.82) is 0 Å². The summed E-state index contributed by atoms with van der Waals surface area (Å²) >= 11 is 0. The Morgan fingerprint density at radius 1 is 1.28 bits per heavy atom. The third-order valence-electron chi connectivity index (χ3n) is 4.69. The summed E-state index contributed by atoms with van der Waals surface area (Å²) in [7, 11) is -3.16. The first-order chi connectivity index (χ1) is 11.9. The van der Waals surface area contributed by atoms with Crippen LogP contribution >= 0.6 is 0 Å². The Kier molecular flexibility index (Phi) is 5.15. The number of furan rings is 1. The number of aryl methyl sites for hydroxylation is 1. The van der Waals surface area contributed by atoms with Gasteiger partial charge in [0.25, 0.3) is 5.91 Å². The lowest BCUT2D eigenvalue weighted by atomic mass is 10.1. The van der Waals surface area contributed by atoms with E-state index in [0.29, 0.717) is 43.7 Å². The van der Waals surface area contributed by atoms with E-state index in [1.54, 1.807) is 0 Å². The lowest BCUT2D eigenvalue weighted by Crippen LogP contribution is -2.47. The van der Waals surface area contributed by atoms with Gasteiger partial charge in [0.1, 0.15) is 5.58 Å². The lowest BCUT2D eigenvalue weighted by molar-refractivity contribution is 0.0897. The minimum atomic E-state index is -3.16. The highest BCUT2D eigenvalue weighted by molar-refractivity contribution is 7.89. The molecule has 1 amide bonds. The van der Waals surface area contributed by atoms with Crippen molar-refractivity contribution in [2.24, 2.45) is 0 Å². The molecule has 25 heavy (non-hydrogen) atoms. The fourth-order valence-electron chi connectivity index (χ4n) is 3.31. The molecule has 136 valence electrons. The summed E-state index contributed by atoms with van der Waals surface area (Å²) in [5, 5.41) is 3.92. The number of rotatable bonds is 5. The summed E-state index contributed by atoms with van der Waals surface area (Å²) in [6.45, 7) is 4.64. The van der Waals surface area contributed by atoms with Gasteiger partial charge in [-0.2, -0.15) is 0 Å². The summed E-state index contributed by atoms with van der Waals surface area (Å²) in [5.41, 5.74) is 1.53. The minimum absolute atomic E-state index is 0.0341. The Bertz CT molecular complexity index is 864. The highest BCUT2D eigenvalue weighted by Gasteiger charge is 2.29. The monoisotopic (exact) mass is 364 g/mol. The van der Waals surface area contributed by atoms with Crippen LogP contribution in [0.4, 0.5) is 0 Å². The second-order valence-corrected chi connectivity index (χ2v) is 8.60. The molecule has 6 nitrogen and oxygen atoms in total. The van der Waals surface area contributed by atoms with E-state index in [0.717, 1.165) is 10.9 Å². The second kappa shape index (κ2) is 7.17. The van der Waals surface area contributed by atoms with E-state index in [2.05, 4.69) is 5.32 Å². The van der Waals surface area contributed by atoms with E-state index in [1.165, 1.54) is 4.31 Å². The van der Waals surface area contributed by atoms with Gasteiger partial charge in [0.15, 0.2) is 5.76 Å². The van der Waals surface area contributed by atoms with E-state index in [1.807, 2.05) is 38.1 Å². The maximum atomic E-state index is 12.5. The van der Waals surface area contributed by atoms with E-state index >= 15 is 0 Å². The first-order valence-electron chi connectivity index (χ1n) is 8.69. The van der Waals surface area contributed by atoms with Gasteiger partial charge < -0.3 is 9.73 Å². The molecule has 1 aromatic heterocycles. The van der Waals surface area contributed by atoms with Crippen LogP contribution in [0.2, 0.25) is 0 Å². The van der Waals surface area contributed by atoms with E-state index < -0.39 is 10.0 Å². The number of fused-ring (bicyclic) bond motifs is 1. The van der Waals surface area contributed by atoms with E-state index in [9.17, 15) is 13.2 Å². The van der Waals surface area contributed by atoms with Crippen LogP contribution in [0, 0.1) is 6.92 Å². The first-order valence-corrected chi connectivity index (χ1v) is 10.3. The number of benzene rings is 1. The SMILES string of the molecule is CCCS(=O)(=O)N1CCC(NC(=O)c2oc3ccccc3c2C)CC1. The quantitative estimate of drug-likeness (QED) is 0.885. The largest absolute Gasteiger partial charge is 0.451 e. The zero-order chi connectivity index (χ0) is 18.0. The molecule has 0 radical (unpaired) electrons. The van der Waals surface area contributed by atoms with Gasteiger partial charge in [-0.25, -0.2) is 12.7 Å². The topological polar surface area (TPSA) is 79.6 Å². The molecular formula is C18H24N2O4S. The molecule has 1 aromatic carbocycles. The summed E-state index contributed by atoms with van der Waals surface area (Å²) in [4.78, 5) is 12.5. The number of para-hydroxylation sites is 1. The first kappa shape index (κ1) is 17.9. The van der Waals surface area contributed by atoms with Crippen LogP contribution in [0.1, 0.15) is 42.3 Å². The summed E-state index contributed by atoms with van der Waals surface area (Å²) in [6.07, 6.45) is 1.85. The molecule has 0 atom stereocenters. The van der Waals surface area contributed by atoms with Gasteiger partial charge in [0.2, 0.25) is 10.0 Å². The molecule has 2 heterocycles. The minimum Gasteiger partial charge on any atom is -0.451 e. The predicted octanol–water partition coefficient (Wildman–Crippen LogP) is 2.68. The van der Waals surface area contributed by atoms with Crippen LogP contribution in [0.3, 0.4) is 0 Å². The Morgan fingerprint density at radius 3 is 2.60 bits per heavy atom. The standard InChI is InChI=1S/C18H24N2O4S/c1-3-12-25(22,23)20-10-8-14(9-11-20)19-18(21)17-13(2)15-6-4-5-7-16(15)24-17/h4-7,14H,3,8-12H2,1-2H3,(H,19,21). The number of piperidine rings is 1. The van der Waals surface area contributed by atoms with Crippen molar-refractivity contribution in [2.45, 2.75) is 39.2 Å². The van der Waals surface area contributed by atoms with E-state index in [4.69, 9.17) is 4.42 Å². The number of hydrogen-bond donors (Lipinski definition) is 1. The smallest absolute Gasteiger partial charge is 0.287 e. The number of carbonyl (C=O) groups excluding carboxylic acids is 1. The average Bonchev–Trinajstić information content (AvgIpc) is 2.93. The zero-order valence-corrected chi connectivity index (χ0v) is 15.4. The zero-order valence-electron chi connectivity index (χ0n) is 14.6. The molecule has 1 N–H and O–H groups in total. The maximum absolute atomic E-state index is 12.5. The number of nitrogens with zero attached hydrogens (tertiary/aromatic N) is 1. The van der Waals surface area contributed by atoms with Crippen molar-refractivity contribution in [1.82, 2.24) is 9.62 Å². The number of carbonyl (C=O) groups is 1. The third-order valence-corrected chi connectivity index (χ3v) is 6.77. The van der Waals surface area contributed by atoms with Gasteiger partial charge in [-0.15, -0.1) is 0 Å². The fraction of sp³-hybridized carbons (Fsp3) is 0.500. The van der Waals surface area contributed by atoms with Crippen molar-refractivity contribution in [3.05, 3.63) is 35.6 Å². The highest BCUT2D eigenvalue weighted by Crippen LogP contribution is 2.25. The average molecular weight is 364 g/mol. The summed E-state index contributed by atoms with van der Waals surface area (Å²) < 4.78 is 31.4. The molecule has 0 unspecified atom stereocenters. The molecule has 1 fully saturated rings. The molecule has 0 bridgehead atoms. The Balaban J connectivity index is 1.64.